The van der Waals surface area contributed by atoms with E-state index in [2.05, 4.69) is 114 Å². The fraction of sp³-hybridized carbons (Fsp3) is 0.162. The maximum absolute atomic E-state index is 12.0. The third-order valence-corrected chi connectivity index (χ3v) is 30.4. The molecule has 0 bridgehead atoms. The van der Waals surface area contributed by atoms with Gasteiger partial charge in [-0.05, 0) is 245 Å². The van der Waals surface area contributed by atoms with Crippen LogP contribution in [0.3, 0.4) is 0 Å². The summed E-state index contributed by atoms with van der Waals surface area (Å²) in [6, 6.07) is 80.5. The van der Waals surface area contributed by atoms with Gasteiger partial charge in [-0.15, -0.1) is 11.3 Å². The number of nitrogens with zero attached hydrogens (tertiary/aromatic N) is 2. The van der Waals surface area contributed by atoms with Crippen molar-refractivity contribution >= 4 is 132 Å². The number of primary amides is 1. The summed E-state index contributed by atoms with van der Waals surface area (Å²) in [6.45, 7) is 2.35. The van der Waals surface area contributed by atoms with Crippen LogP contribution in [0.1, 0.15) is 157 Å². The van der Waals surface area contributed by atoms with Crippen LogP contribution in [0.5, 0.6) is 28.9 Å². The quantitative estimate of drug-likeness (QED) is 0.0417. The van der Waals surface area contributed by atoms with Gasteiger partial charge in [0.25, 0.3) is 29.5 Å². The largest absolute Gasteiger partial charge is 0.486 e. The number of hydrogen-bond acceptors (Lipinski definition) is 19. The van der Waals surface area contributed by atoms with E-state index in [1.54, 1.807) is 31.3 Å². The number of nitrogens with one attached hydrogen (secondary N) is 4. The second-order valence-corrected chi connectivity index (χ2v) is 38.9. The fourth-order valence-electron chi connectivity index (χ4n) is 18.0. The molecule has 133 heavy (non-hydrogen) atoms. The van der Waals surface area contributed by atoms with Gasteiger partial charge in [-0.1, -0.05) is 164 Å². The van der Waals surface area contributed by atoms with Crippen LogP contribution in [0.15, 0.2) is 290 Å². The summed E-state index contributed by atoms with van der Waals surface area (Å²) >= 11 is 1.53. The summed E-state index contributed by atoms with van der Waals surface area (Å²) < 4.78 is 94.7. The molecular weight excluding hydrogens is 1780 g/mol. The lowest BCUT2D eigenvalue weighted by Crippen LogP contribution is -2.16. The third kappa shape index (κ3) is 18.5. The molecule has 9 aliphatic rings. The van der Waals surface area contributed by atoms with Crippen molar-refractivity contribution in [1.29, 1.82) is 0 Å². The number of pyridine rings is 2. The van der Waals surface area contributed by atoms with E-state index in [4.69, 9.17) is 33.8 Å². The standard InChI is InChI=1S/C30H21NO4S.C27H24N2O4S.C24H19N3O4S.C24H19NO4S2/c32-29-17-28(36(33)31-29)18-11-13-19(14-12-18)34-27-16-15-21-20(6-3-7-22(21)27)24-8-4-9-25-23-5-1-2-10-26(23)35-30(24)25;30-26-14-25(34(31)29-26)18-6-9-20(10-7-18)33-24-12-11-22-21(2-1-3-23(22)24)19-8-13-27(28-15-19)32-16-17-4-5-17;25-24(29)20-10-6-15(13-26-20)17-2-1-3-19-18(17)9-11-21(19)31-16-7-4-14(5-8-16)22-12-23(28)27-32(22)30;1-14(26)21-11-12-22(30-21)19-4-2-3-18-17(19)9-10-20(18)29-16-7-5-15(6-8-16)23-13-24(27)25-31(23)28/h1-14,17,27H,15-16H2,(H,31,32);1-3,6-10,13-15,17,24H,4-5,11-12,16H2,(H,29,30);1-8,10,12-13,21H,9,11H2,(H2,25,29)(H,27,28);2-8,11-13,20H,9-10H2,1H3,(H,25,27)/t27-,36?;24-,34?;21-,32?;20-,31?/m1111/s1. The Hall–Kier alpha value is -14.4. The first kappa shape index (κ1) is 86.6. The lowest BCUT2D eigenvalue weighted by atomic mass is 9.95. The average molecular weight is 1860 g/mol. The van der Waals surface area contributed by atoms with Gasteiger partial charge in [0.1, 0.15) is 64.3 Å². The van der Waals surface area contributed by atoms with Gasteiger partial charge in [0.05, 0.1) is 31.1 Å². The number of hydrogen-bond donors (Lipinski definition) is 5. The average Bonchev–Trinajstić information content (AvgIpc) is 1.60. The van der Waals surface area contributed by atoms with Gasteiger partial charge >= 0.3 is 0 Å². The van der Waals surface area contributed by atoms with Gasteiger partial charge < -0.3 is 33.8 Å². The first-order chi connectivity index (χ1) is 64.8. The van der Waals surface area contributed by atoms with Crippen LogP contribution in [0.25, 0.3) is 85.4 Å². The number of ketones is 1. The predicted octanol–water partition coefficient (Wildman–Crippen LogP) is 19.1. The van der Waals surface area contributed by atoms with E-state index in [0.717, 1.165) is 157 Å². The Kier molecular flexibility index (Phi) is 24.4. The normalized spacial score (nSPS) is 19.7. The Morgan fingerprint density at radius 1 is 0.391 bits per heavy atom. The number of fused-ring (bicyclic) bond motifs is 7. The highest BCUT2D eigenvalue weighted by Crippen LogP contribution is 2.48. The number of rotatable bonds is 21. The molecule has 8 heterocycles. The molecule has 4 aromatic heterocycles. The van der Waals surface area contributed by atoms with E-state index < -0.39 is 49.8 Å². The van der Waals surface area contributed by atoms with Crippen LogP contribution in [0, 0.1) is 5.92 Å². The lowest BCUT2D eigenvalue weighted by molar-refractivity contribution is -0.115. The summed E-state index contributed by atoms with van der Waals surface area (Å²) in [5.41, 5.74) is 27.8. The number of thiophene rings is 1. The van der Waals surface area contributed by atoms with Crippen LogP contribution in [0.2, 0.25) is 0 Å². The topological polar surface area (TPSA) is 330 Å². The van der Waals surface area contributed by atoms with Crippen LogP contribution in [-0.2, 0) is 88.8 Å². The van der Waals surface area contributed by atoms with Crippen molar-refractivity contribution in [3.8, 4) is 72.7 Å². The Labute approximate surface area is 778 Å². The molecule has 14 aromatic rings. The van der Waals surface area contributed by atoms with Crippen molar-refractivity contribution in [1.82, 2.24) is 28.9 Å². The Morgan fingerprint density at radius 2 is 0.759 bits per heavy atom. The summed E-state index contributed by atoms with van der Waals surface area (Å²) in [6.07, 6.45) is 18.5. The van der Waals surface area contributed by atoms with E-state index >= 15 is 0 Å². The first-order valence-corrected chi connectivity index (χ1v) is 48.9. The maximum atomic E-state index is 12.0. The monoisotopic (exact) mass is 1860 g/mol. The van der Waals surface area contributed by atoms with Gasteiger partial charge in [-0.2, -0.15) is 0 Å². The van der Waals surface area contributed by atoms with Crippen LogP contribution in [0.4, 0.5) is 0 Å². The van der Waals surface area contributed by atoms with Gasteiger partial charge in [0, 0.05) is 75.1 Å². The van der Waals surface area contributed by atoms with Crippen LogP contribution >= 0.6 is 11.3 Å². The molecule has 1 fully saturated rings. The minimum Gasteiger partial charge on any atom is -0.486 e. The maximum Gasteiger partial charge on any atom is 0.267 e. The summed E-state index contributed by atoms with van der Waals surface area (Å²) in [4.78, 5) is 81.1. The second kappa shape index (κ2) is 37.4. The summed E-state index contributed by atoms with van der Waals surface area (Å²) in [5, 5.41) is 2.26. The molecular formula is C105H83N7O16S5. The number of nitrogens with two attached hydrogens (primary N) is 1. The molecule has 0 radical (unpaired) electrons. The third-order valence-electron chi connectivity index (χ3n) is 24.6. The minimum atomic E-state index is -1.52. The molecule has 4 aliphatic heterocycles. The molecule has 8 atom stereocenters. The van der Waals surface area contributed by atoms with E-state index in [9.17, 15) is 45.6 Å². The van der Waals surface area contributed by atoms with Crippen molar-refractivity contribution in [2.75, 3.05) is 6.61 Å². The van der Waals surface area contributed by atoms with Crippen molar-refractivity contribution in [2.45, 2.75) is 95.5 Å². The minimum absolute atomic E-state index is 0.0296. The number of amides is 5. The van der Waals surface area contributed by atoms with Crippen LogP contribution < -0.4 is 48.3 Å². The lowest BCUT2D eigenvalue weighted by Gasteiger charge is -2.16. The first-order valence-electron chi connectivity index (χ1n) is 43.5. The highest BCUT2D eigenvalue weighted by atomic mass is 32.2. The zero-order valence-electron chi connectivity index (χ0n) is 71.3. The Morgan fingerprint density at radius 3 is 1.14 bits per heavy atom. The molecule has 10 aromatic carbocycles. The molecule has 5 amide bonds. The number of ether oxygens (including phenoxy) is 5. The second-order valence-electron chi connectivity index (χ2n) is 33.1. The van der Waals surface area contributed by atoms with E-state index in [1.165, 1.54) is 104 Å². The van der Waals surface area contributed by atoms with E-state index in [0.29, 0.717) is 37.2 Å². The van der Waals surface area contributed by atoms with Crippen molar-refractivity contribution in [3.05, 3.63) is 363 Å². The molecule has 664 valence electrons. The van der Waals surface area contributed by atoms with E-state index in [-0.39, 0.29) is 59.5 Å². The molecule has 0 saturated heterocycles. The fourth-order valence-corrected chi connectivity index (χ4v) is 22.6. The number of benzene rings is 10. The van der Waals surface area contributed by atoms with E-state index in [1.807, 2.05) is 152 Å². The number of aromatic nitrogens is 2. The number of carbonyl (C=O) groups excluding carboxylic acids is 6. The summed E-state index contributed by atoms with van der Waals surface area (Å²) in [5.74, 6) is 2.49. The smallest absolute Gasteiger partial charge is 0.267 e. The zero-order valence-corrected chi connectivity index (χ0v) is 75.4. The van der Waals surface area contributed by atoms with Crippen molar-refractivity contribution in [3.63, 3.8) is 0 Å². The number of Topliss-reactive ketones (excluding diaryl/α,β-unsaturated/α-hetero) is 1. The van der Waals surface area contributed by atoms with Crippen LogP contribution in [-0.4, -0.2) is 68.7 Å². The number of furan rings is 1. The number of para-hydroxylation sites is 2. The molecule has 28 heteroatoms. The molecule has 1 saturated carbocycles. The van der Waals surface area contributed by atoms with Gasteiger partial charge in [-0.25, -0.2) is 21.8 Å². The van der Waals surface area contributed by atoms with Gasteiger partial charge in [-0.3, -0.25) is 52.6 Å². The SMILES string of the molecule is CC(=O)c1ccc(-c2cccc3c2CC[C@H]3Oc2ccc(C3=CC(=O)NS3=O)cc2)s1.NC(=O)c1ccc(-c2cccc3c2CC[C@H]3Oc2ccc(C3=CC(=O)NS3=O)cc2)cn1.O=C1C=C(c2ccc(O[C@@H]3CCc4c(-c5ccc(OCC6CC6)nc5)cccc43)cc2)S(=O)N1.O=C1C=C(c2ccc(O[C@@H]3CCc4c(-c5cccc6c5oc5ccccc56)cccc43)cc2)S(=O)N1. The molecule has 0 spiro atoms. The number of carbonyl (C=O) groups is 6. The van der Waals surface area contributed by atoms with Gasteiger partial charge in [0.15, 0.2) is 49.7 Å². The molecule has 4 unspecified atom stereocenters. The Balaban J connectivity index is 0.000000110. The van der Waals surface area contributed by atoms with Crippen molar-refractivity contribution < 1.29 is 73.7 Å². The van der Waals surface area contributed by atoms with Crippen molar-refractivity contribution in [2.24, 2.45) is 11.7 Å². The highest BCUT2D eigenvalue weighted by molar-refractivity contribution is 7.94. The predicted molar refractivity (Wildman–Crippen MR) is 515 cm³/mol. The molecule has 6 N–H and O–H groups in total. The molecule has 5 aliphatic carbocycles. The van der Waals surface area contributed by atoms with Gasteiger partial charge in [0.2, 0.25) is 5.88 Å². The Bertz CT molecular complexity index is 7290. The summed E-state index contributed by atoms with van der Waals surface area (Å²) in [7, 11) is -6.02. The highest BCUT2D eigenvalue weighted by Gasteiger charge is 2.35. The molecule has 23 nitrogen and oxygen atoms in total. The molecule has 23 rings (SSSR count). The zero-order chi connectivity index (χ0) is 91.1.